The van der Waals surface area contributed by atoms with Gasteiger partial charge < -0.3 is 10.6 Å². The minimum absolute atomic E-state index is 0.0547. The Hall–Kier alpha value is -1.60. The molecule has 17 heavy (non-hydrogen) atoms. The molecule has 1 aromatic rings. The van der Waals surface area contributed by atoms with E-state index in [4.69, 9.17) is 0 Å². The molecule has 0 saturated carbocycles. The lowest BCUT2D eigenvalue weighted by atomic mass is 10.3. The third-order valence-corrected chi connectivity index (χ3v) is 1.75. The molecular weight excluding hydrogens is 240 g/mol. The summed E-state index contributed by atoms with van der Waals surface area (Å²) in [6, 6.07) is 0.747. The molecule has 0 radical (unpaired) electrons. The Kier molecular flexibility index (Phi) is 4.47. The van der Waals surface area contributed by atoms with Gasteiger partial charge in [0.05, 0.1) is 0 Å². The van der Waals surface area contributed by atoms with Crippen molar-refractivity contribution < 1.29 is 17.6 Å². The van der Waals surface area contributed by atoms with E-state index in [1.54, 1.807) is 6.92 Å². The summed E-state index contributed by atoms with van der Waals surface area (Å²) in [5, 5.41) is 5.02. The van der Waals surface area contributed by atoms with Crippen LogP contribution < -0.4 is 10.6 Å². The Labute approximate surface area is 95.5 Å². The number of hydrogen-bond acceptors (Lipinski definition) is 4. The molecule has 8 heteroatoms. The molecule has 1 rings (SSSR count). The van der Waals surface area contributed by atoms with Crippen LogP contribution in [-0.2, 0) is 6.18 Å². The zero-order valence-electron chi connectivity index (χ0n) is 9.10. The Morgan fingerprint density at radius 1 is 1.24 bits per heavy atom. The van der Waals surface area contributed by atoms with E-state index in [9.17, 15) is 17.6 Å². The van der Waals surface area contributed by atoms with Crippen LogP contribution in [0.4, 0.5) is 29.3 Å². The molecular formula is C9H12F4N4. The summed E-state index contributed by atoms with van der Waals surface area (Å²) in [5.41, 5.74) is -1.06. The van der Waals surface area contributed by atoms with Gasteiger partial charge in [-0.2, -0.15) is 18.2 Å². The summed E-state index contributed by atoms with van der Waals surface area (Å²) in [4.78, 5) is 7.10. The SMILES string of the molecule is CCNc1nc(NCCF)cc(C(F)(F)F)n1. The minimum atomic E-state index is -4.56. The predicted molar refractivity (Wildman–Crippen MR) is 55.7 cm³/mol. The minimum Gasteiger partial charge on any atom is -0.367 e. The Morgan fingerprint density at radius 2 is 1.94 bits per heavy atom. The summed E-state index contributed by atoms with van der Waals surface area (Å²) in [5.74, 6) is -0.190. The van der Waals surface area contributed by atoms with E-state index in [2.05, 4.69) is 20.6 Å². The molecule has 0 amide bonds. The van der Waals surface area contributed by atoms with Gasteiger partial charge in [0.1, 0.15) is 12.5 Å². The average Bonchev–Trinajstić information content (AvgIpc) is 2.25. The molecule has 0 bridgehead atoms. The third-order valence-electron chi connectivity index (χ3n) is 1.75. The monoisotopic (exact) mass is 252 g/mol. The smallest absolute Gasteiger partial charge is 0.367 e. The first-order valence-electron chi connectivity index (χ1n) is 4.97. The van der Waals surface area contributed by atoms with E-state index >= 15 is 0 Å². The van der Waals surface area contributed by atoms with Crippen LogP contribution in [0, 0.1) is 0 Å². The van der Waals surface area contributed by atoms with Crippen molar-refractivity contribution in [1.29, 1.82) is 0 Å². The molecule has 0 fully saturated rings. The molecule has 0 saturated heterocycles. The summed E-state index contributed by atoms with van der Waals surface area (Å²) in [7, 11) is 0. The van der Waals surface area contributed by atoms with Gasteiger partial charge in [0.15, 0.2) is 5.69 Å². The van der Waals surface area contributed by atoms with Gasteiger partial charge in [0.25, 0.3) is 0 Å². The number of anilines is 2. The number of rotatable bonds is 5. The highest BCUT2D eigenvalue weighted by molar-refractivity contribution is 5.43. The van der Waals surface area contributed by atoms with Crippen molar-refractivity contribution in [2.24, 2.45) is 0 Å². The second-order valence-corrected chi connectivity index (χ2v) is 3.11. The van der Waals surface area contributed by atoms with E-state index in [1.807, 2.05) is 0 Å². The van der Waals surface area contributed by atoms with Crippen LogP contribution in [0.3, 0.4) is 0 Å². The normalized spacial score (nSPS) is 11.4. The van der Waals surface area contributed by atoms with Crippen molar-refractivity contribution in [1.82, 2.24) is 9.97 Å². The molecule has 1 aromatic heterocycles. The molecule has 2 N–H and O–H groups in total. The Morgan fingerprint density at radius 3 is 2.47 bits per heavy atom. The standard InChI is InChI=1S/C9H12F4N4/c1-2-14-8-16-6(9(11,12)13)5-7(17-8)15-4-3-10/h5H,2-4H2,1H3,(H2,14,15,16,17). The first-order chi connectivity index (χ1) is 7.97. The highest BCUT2D eigenvalue weighted by Crippen LogP contribution is 2.29. The van der Waals surface area contributed by atoms with Crippen LogP contribution in [0.1, 0.15) is 12.6 Å². The van der Waals surface area contributed by atoms with Crippen molar-refractivity contribution in [3.8, 4) is 0 Å². The van der Waals surface area contributed by atoms with Crippen LogP contribution >= 0.6 is 0 Å². The van der Waals surface area contributed by atoms with Crippen LogP contribution in [0.25, 0.3) is 0 Å². The number of nitrogens with one attached hydrogen (secondary N) is 2. The lowest BCUT2D eigenvalue weighted by molar-refractivity contribution is -0.141. The van der Waals surface area contributed by atoms with Crippen LogP contribution in [0.15, 0.2) is 6.07 Å². The number of aromatic nitrogens is 2. The zero-order chi connectivity index (χ0) is 12.9. The molecule has 0 spiro atoms. The fourth-order valence-corrected chi connectivity index (χ4v) is 1.10. The number of hydrogen-bond donors (Lipinski definition) is 2. The van der Waals surface area contributed by atoms with Gasteiger partial charge in [-0.05, 0) is 6.92 Å². The van der Waals surface area contributed by atoms with Crippen molar-refractivity contribution in [2.75, 3.05) is 30.4 Å². The van der Waals surface area contributed by atoms with Gasteiger partial charge >= 0.3 is 6.18 Å². The Bertz CT molecular complexity index is 367. The highest BCUT2D eigenvalue weighted by atomic mass is 19.4. The van der Waals surface area contributed by atoms with Crippen molar-refractivity contribution in [3.63, 3.8) is 0 Å². The number of halogens is 4. The molecule has 96 valence electrons. The van der Waals surface area contributed by atoms with E-state index in [0.717, 1.165) is 6.07 Å². The topological polar surface area (TPSA) is 49.8 Å². The highest BCUT2D eigenvalue weighted by Gasteiger charge is 2.33. The molecule has 4 nitrogen and oxygen atoms in total. The first kappa shape index (κ1) is 13.5. The van der Waals surface area contributed by atoms with Gasteiger partial charge in [0, 0.05) is 19.2 Å². The fraction of sp³-hybridized carbons (Fsp3) is 0.556. The van der Waals surface area contributed by atoms with E-state index < -0.39 is 18.5 Å². The van der Waals surface area contributed by atoms with Crippen molar-refractivity contribution in [3.05, 3.63) is 11.8 Å². The molecule has 0 atom stereocenters. The molecule has 0 aliphatic heterocycles. The Balaban J connectivity index is 3.01. The fourth-order valence-electron chi connectivity index (χ4n) is 1.10. The zero-order valence-corrected chi connectivity index (χ0v) is 9.10. The second-order valence-electron chi connectivity index (χ2n) is 3.11. The molecule has 1 heterocycles. The lowest BCUT2D eigenvalue weighted by Gasteiger charge is -2.11. The summed E-state index contributed by atoms with van der Waals surface area (Å²) in [6.45, 7) is 1.31. The van der Waals surface area contributed by atoms with Gasteiger partial charge in [-0.15, -0.1) is 0 Å². The predicted octanol–water partition coefficient (Wildman–Crippen LogP) is 2.31. The number of alkyl halides is 4. The quantitative estimate of drug-likeness (QED) is 0.789. The maximum atomic E-state index is 12.5. The van der Waals surface area contributed by atoms with Crippen LogP contribution in [-0.4, -0.2) is 29.7 Å². The maximum Gasteiger partial charge on any atom is 0.433 e. The second kappa shape index (κ2) is 5.65. The summed E-state index contributed by atoms with van der Waals surface area (Å²) < 4.78 is 49.4. The average molecular weight is 252 g/mol. The summed E-state index contributed by atoms with van der Waals surface area (Å²) in [6.07, 6.45) is -4.56. The molecule has 0 aliphatic rings. The summed E-state index contributed by atoms with van der Waals surface area (Å²) >= 11 is 0. The third kappa shape index (κ3) is 4.04. The first-order valence-corrected chi connectivity index (χ1v) is 4.97. The molecule has 0 aliphatic carbocycles. The van der Waals surface area contributed by atoms with Gasteiger partial charge in [0.2, 0.25) is 5.95 Å². The van der Waals surface area contributed by atoms with Crippen LogP contribution in [0.2, 0.25) is 0 Å². The maximum absolute atomic E-state index is 12.5. The largest absolute Gasteiger partial charge is 0.433 e. The van der Waals surface area contributed by atoms with Gasteiger partial charge in [-0.3, -0.25) is 0 Å². The number of nitrogens with zero attached hydrogens (tertiary/aromatic N) is 2. The van der Waals surface area contributed by atoms with Gasteiger partial charge in [-0.1, -0.05) is 0 Å². The van der Waals surface area contributed by atoms with Crippen molar-refractivity contribution in [2.45, 2.75) is 13.1 Å². The van der Waals surface area contributed by atoms with E-state index in [1.165, 1.54) is 0 Å². The van der Waals surface area contributed by atoms with Gasteiger partial charge in [-0.25, -0.2) is 9.37 Å². The van der Waals surface area contributed by atoms with E-state index in [-0.39, 0.29) is 18.3 Å². The lowest BCUT2D eigenvalue weighted by Crippen LogP contribution is -2.14. The van der Waals surface area contributed by atoms with Crippen molar-refractivity contribution >= 4 is 11.8 Å². The van der Waals surface area contributed by atoms with Crippen LogP contribution in [0.5, 0.6) is 0 Å². The molecule has 0 aromatic carbocycles. The van der Waals surface area contributed by atoms with E-state index in [0.29, 0.717) is 6.54 Å². The molecule has 0 unspecified atom stereocenters.